The molecule has 0 radical (unpaired) electrons. The third-order valence-corrected chi connectivity index (χ3v) is 4.81. The summed E-state index contributed by atoms with van der Waals surface area (Å²) in [6.07, 6.45) is 3.84. The molecule has 4 rings (SSSR count). The van der Waals surface area contributed by atoms with Gasteiger partial charge in [-0.15, -0.1) is 0 Å². The van der Waals surface area contributed by atoms with Gasteiger partial charge in [-0.25, -0.2) is 14.4 Å². The predicted octanol–water partition coefficient (Wildman–Crippen LogP) is 3.80. The quantitative estimate of drug-likeness (QED) is 0.509. The van der Waals surface area contributed by atoms with E-state index >= 15 is 0 Å². The Balaban J connectivity index is 1.60. The fourth-order valence-corrected chi connectivity index (χ4v) is 3.16. The maximum absolute atomic E-state index is 13.0. The molecule has 0 saturated carbocycles. The van der Waals surface area contributed by atoms with Crippen LogP contribution in [0.2, 0.25) is 5.15 Å². The van der Waals surface area contributed by atoms with Crippen LogP contribution in [-0.4, -0.2) is 32.2 Å². The molecule has 4 aromatic rings. The Morgan fingerprint density at radius 1 is 1.17 bits per heavy atom. The van der Waals surface area contributed by atoms with E-state index in [-0.39, 0.29) is 11.7 Å². The molecule has 0 bridgehead atoms. The van der Waals surface area contributed by atoms with Gasteiger partial charge < -0.3 is 5.32 Å². The number of carbonyl (C=O) groups excluding carboxylic acids is 1. The zero-order valence-corrected chi connectivity index (χ0v) is 16.3. The van der Waals surface area contributed by atoms with Gasteiger partial charge in [-0.2, -0.15) is 5.10 Å². The predicted molar refractivity (Wildman–Crippen MR) is 109 cm³/mol. The lowest BCUT2D eigenvalue weighted by atomic mass is 10.1. The summed E-state index contributed by atoms with van der Waals surface area (Å²) in [4.78, 5) is 21.6. The third kappa shape index (κ3) is 4.09. The summed E-state index contributed by atoms with van der Waals surface area (Å²) in [5.41, 5.74) is 3.38. The van der Waals surface area contributed by atoms with Crippen molar-refractivity contribution in [2.24, 2.45) is 7.05 Å². The minimum absolute atomic E-state index is 0.226. The van der Waals surface area contributed by atoms with Crippen molar-refractivity contribution in [3.05, 3.63) is 77.0 Å². The number of halogens is 2. The summed E-state index contributed by atoms with van der Waals surface area (Å²) < 4.78 is 14.6. The van der Waals surface area contributed by atoms with Gasteiger partial charge in [0.1, 0.15) is 11.0 Å². The smallest absolute Gasteiger partial charge is 0.252 e. The maximum atomic E-state index is 13.0. The molecule has 0 spiro atoms. The molecule has 3 heterocycles. The Kier molecular flexibility index (Phi) is 5.22. The van der Waals surface area contributed by atoms with Crippen molar-refractivity contribution in [1.29, 1.82) is 0 Å². The van der Waals surface area contributed by atoms with Crippen LogP contribution in [-0.2, 0) is 13.5 Å². The van der Waals surface area contributed by atoms with E-state index in [1.807, 2.05) is 0 Å². The molecular formula is C21H17ClFN5O. The van der Waals surface area contributed by atoms with Gasteiger partial charge in [0.2, 0.25) is 0 Å². The lowest BCUT2D eigenvalue weighted by Crippen LogP contribution is -2.26. The summed E-state index contributed by atoms with van der Waals surface area (Å²) in [5.74, 6) is -0.506. The number of hydrogen-bond acceptors (Lipinski definition) is 4. The number of nitrogens with one attached hydrogen (secondary N) is 1. The highest BCUT2D eigenvalue weighted by Crippen LogP contribution is 2.25. The van der Waals surface area contributed by atoms with E-state index in [9.17, 15) is 9.18 Å². The number of carbonyl (C=O) groups is 1. The first-order valence-electron chi connectivity index (χ1n) is 8.98. The van der Waals surface area contributed by atoms with Crippen LogP contribution in [0.3, 0.4) is 0 Å². The second kappa shape index (κ2) is 7.97. The molecule has 0 unspecified atom stereocenters. The first-order chi connectivity index (χ1) is 14.0. The standard InChI is InChI=1S/C21H17ClFN5O/c1-28-20-17(12-26-28)16(10-18(27-20)14-4-7-19(22)25-11-14)21(29)24-9-8-13-2-5-15(23)6-3-13/h2-7,10-12H,8-9H2,1H3,(H,24,29). The summed E-state index contributed by atoms with van der Waals surface area (Å²) in [6.45, 7) is 0.423. The zero-order valence-electron chi connectivity index (χ0n) is 15.6. The maximum Gasteiger partial charge on any atom is 0.252 e. The second-order valence-corrected chi connectivity index (χ2v) is 6.95. The molecule has 1 N–H and O–H groups in total. The number of fused-ring (bicyclic) bond motifs is 1. The van der Waals surface area contributed by atoms with Crippen molar-refractivity contribution in [2.75, 3.05) is 6.54 Å². The summed E-state index contributed by atoms with van der Waals surface area (Å²) in [7, 11) is 1.77. The van der Waals surface area contributed by atoms with Crippen LogP contribution in [0.15, 0.2) is 54.9 Å². The average Bonchev–Trinajstić information content (AvgIpc) is 3.10. The first kappa shape index (κ1) is 19.0. The van der Waals surface area contributed by atoms with Crippen molar-refractivity contribution in [2.45, 2.75) is 6.42 Å². The number of benzene rings is 1. The van der Waals surface area contributed by atoms with Gasteiger partial charge >= 0.3 is 0 Å². The Morgan fingerprint density at radius 3 is 2.69 bits per heavy atom. The summed E-state index contributed by atoms with van der Waals surface area (Å²) in [6, 6.07) is 11.4. The number of pyridine rings is 2. The molecule has 1 amide bonds. The Hall–Kier alpha value is -3.32. The number of aryl methyl sites for hydroxylation is 1. The highest BCUT2D eigenvalue weighted by atomic mass is 35.5. The van der Waals surface area contributed by atoms with Crippen LogP contribution in [0.5, 0.6) is 0 Å². The van der Waals surface area contributed by atoms with Crippen LogP contribution >= 0.6 is 11.6 Å². The van der Waals surface area contributed by atoms with E-state index in [0.717, 1.165) is 11.1 Å². The first-order valence-corrected chi connectivity index (χ1v) is 9.36. The molecule has 0 aliphatic carbocycles. The highest BCUT2D eigenvalue weighted by Gasteiger charge is 2.16. The SMILES string of the molecule is Cn1ncc2c(C(=O)NCCc3ccc(F)cc3)cc(-c3ccc(Cl)nc3)nc21. The summed E-state index contributed by atoms with van der Waals surface area (Å²) >= 11 is 5.87. The van der Waals surface area contributed by atoms with Crippen molar-refractivity contribution >= 4 is 28.5 Å². The molecular weight excluding hydrogens is 393 g/mol. The zero-order chi connectivity index (χ0) is 20.4. The van der Waals surface area contributed by atoms with Gasteiger partial charge in [-0.1, -0.05) is 23.7 Å². The molecule has 0 fully saturated rings. The minimum Gasteiger partial charge on any atom is -0.352 e. The Labute approximate surface area is 171 Å². The van der Waals surface area contributed by atoms with Gasteiger partial charge in [0, 0.05) is 25.4 Å². The van der Waals surface area contributed by atoms with E-state index in [4.69, 9.17) is 11.6 Å². The van der Waals surface area contributed by atoms with Gasteiger partial charge in [0.05, 0.1) is 22.8 Å². The lowest BCUT2D eigenvalue weighted by molar-refractivity contribution is 0.0955. The van der Waals surface area contributed by atoms with Gasteiger partial charge in [-0.05, 0) is 42.3 Å². The number of amides is 1. The molecule has 8 heteroatoms. The molecule has 29 heavy (non-hydrogen) atoms. The minimum atomic E-state index is -0.280. The Morgan fingerprint density at radius 2 is 1.97 bits per heavy atom. The third-order valence-electron chi connectivity index (χ3n) is 4.59. The van der Waals surface area contributed by atoms with Crippen LogP contribution in [0.25, 0.3) is 22.3 Å². The molecule has 146 valence electrons. The molecule has 6 nitrogen and oxygen atoms in total. The van der Waals surface area contributed by atoms with Crippen molar-refractivity contribution in [1.82, 2.24) is 25.1 Å². The summed E-state index contributed by atoms with van der Waals surface area (Å²) in [5, 5.41) is 8.19. The number of nitrogens with zero attached hydrogens (tertiary/aromatic N) is 4. The van der Waals surface area contributed by atoms with Crippen molar-refractivity contribution in [3.63, 3.8) is 0 Å². The van der Waals surface area contributed by atoms with E-state index in [1.54, 1.807) is 54.5 Å². The largest absolute Gasteiger partial charge is 0.352 e. The number of hydrogen-bond donors (Lipinski definition) is 1. The average molecular weight is 410 g/mol. The topological polar surface area (TPSA) is 72.7 Å². The number of aromatic nitrogens is 4. The molecule has 0 saturated heterocycles. The molecule has 0 aliphatic heterocycles. The van der Waals surface area contributed by atoms with E-state index in [0.29, 0.717) is 40.4 Å². The van der Waals surface area contributed by atoms with Crippen molar-refractivity contribution < 1.29 is 9.18 Å². The monoisotopic (exact) mass is 409 g/mol. The number of rotatable bonds is 5. The lowest BCUT2D eigenvalue weighted by Gasteiger charge is -2.09. The van der Waals surface area contributed by atoms with Gasteiger partial charge in [0.25, 0.3) is 5.91 Å². The van der Waals surface area contributed by atoms with Gasteiger partial charge in [0.15, 0.2) is 5.65 Å². The fourth-order valence-electron chi connectivity index (χ4n) is 3.04. The van der Waals surface area contributed by atoms with E-state index in [1.165, 1.54) is 12.1 Å². The van der Waals surface area contributed by atoms with Crippen LogP contribution in [0, 0.1) is 5.82 Å². The normalized spacial score (nSPS) is 11.0. The van der Waals surface area contributed by atoms with E-state index in [2.05, 4.69) is 20.4 Å². The highest BCUT2D eigenvalue weighted by molar-refractivity contribution is 6.29. The fraction of sp³-hybridized carbons (Fsp3) is 0.143. The van der Waals surface area contributed by atoms with Crippen LogP contribution in [0.1, 0.15) is 15.9 Å². The molecule has 3 aromatic heterocycles. The Bertz CT molecular complexity index is 1170. The van der Waals surface area contributed by atoms with Gasteiger partial charge in [-0.3, -0.25) is 9.48 Å². The van der Waals surface area contributed by atoms with Crippen molar-refractivity contribution in [3.8, 4) is 11.3 Å². The molecule has 0 aliphatic rings. The molecule has 0 atom stereocenters. The second-order valence-electron chi connectivity index (χ2n) is 6.56. The van der Waals surface area contributed by atoms with Crippen LogP contribution < -0.4 is 5.32 Å². The van der Waals surface area contributed by atoms with E-state index < -0.39 is 0 Å². The molecule has 1 aromatic carbocycles. The van der Waals surface area contributed by atoms with Crippen LogP contribution in [0.4, 0.5) is 4.39 Å².